The van der Waals surface area contributed by atoms with Crippen molar-refractivity contribution in [2.45, 2.75) is 26.1 Å². The zero-order valence-electron chi connectivity index (χ0n) is 22.5. The number of likely N-dealkylation sites (N-methyl/N-ethyl adjacent to an activating group) is 1. The number of anilines is 1. The van der Waals surface area contributed by atoms with Crippen molar-refractivity contribution >= 4 is 22.6 Å². The van der Waals surface area contributed by atoms with E-state index < -0.39 is 17.6 Å². The van der Waals surface area contributed by atoms with Gasteiger partial charge in [0.25, 0.3) is 0 Å². The maximum atomic E-state index is 13.9. The third-order valence-corrected chi connectivity index (χ3v) is 7.01. The molecule has 0 radical (unpaired) electrons. The summed E-state index contributed by atoms with van der Waals surface area (Å²) in [4.78, 5) is 25.4. The number of alkyl halides is 3. The Morgan fingerprint density at radius 1 is 1.05 bits per heavy atom. The smallest absolute Gasteiger partial charge is 0.416 e. The van der Waals surface area contributed by atoms with Crippen LogP contribution < -0.4 is 10.1 Å². The Morgan fingerprint density at radius 3 is 2.58 bits per heavy atom. The number of aryl methyl sites for hydroxylation is 2. The number of benzene rings is 2. The fourth-order valence-electron chi connectivity index (χ4n) is 4.69. The molecule has 1 aliphatic heterocycles. The summed E-state index contributed by atoms with van der Waals surface area (Å²) in [5, 5.41) is 7.58. The van der Waals surface area contributed by atoms with Crippen molar-refractivity contribution in [1.29, 1.82) is 0 Å². The molecule has 3 heterocycles. The van der Waals surface area contributed by atoms with Gasteiger partial charge >= 0.3 is 6.18 Å². The van der Waals surface area contributed by atoms with Crippen molar-refractivity contribution in [1.82, 2.24) is 29.5 Å². The van der Waals surface area contributed by atoms with E-state index in [4.69, 9.17) is 4.74 Å². The number of hydrogen-bond donors (Lipinski definition) is 1. The molecule has 0 bridgehead atoms. The summed E-state index contributed by atoms with van der Waals surface area (Å²) in [5.41, 5.74) is 1.67. The zero-order chi connectivity index (χ0) is 28.4. The second-order valence-corrected chi connectivity index (χ2v) is 10.1. The second-order valence-electron chi connectivity index (χ2n) is 10.1. The first kappa shape index (κ1) is 27.5. The largest absolute Gasteiger partial charge is 0.438 e. The van der Waals surface area contributed by atoms with E-state index in [1.807, 2.05) is 18.9 Å². The van der Waals surface area contributed by atoms with Crippen LogP contribution in [0.2, 0.25) is 0 Å². The topological polar surface area (TPSA) is 88.4 Å². The maximum Gasteiger partial charge on any atom is 0.416 e. The summed E-state index contributed by atoms with van der Waals surface area (Å²) in [6.07, 6.45) is -1.73. The minimum absolute atomic E-state index is 0.204. The van der Waals surface area contributed by atoms with E-state index in [-0.39, 0.29) is 24.1 Å². The van der Waals surface area contributed by atoms with Gasteiger partial charge in [-0.2, -0.15) is 18.3 Å². The standard InChI is InChI=1S/C28H30F3N7O2/c1-18-4-7-21(14-24(18)40-27-22-15-34-37(3)26(22)32-17-33-27)35-25(39)13-19-5-6-20(23(12-19)28(29,30)31)16-38-10-8-36(2)9-11-38/h4-7,12,14-15,17H,8-11,13,16H2,1-3H3,(H,35,39). The van der Waals surface area contributed by atoms with E-state index in [1.165, 1.54) is 12.4 Å². The maximum absolute atomic E-state index is 13.9. The lowest BCUT2D eigenvalue weighted by Crippen LogP contribution is -2.44. The normalized spacial score (nSPS) is 14.9. The predicted octanol–water partition coefficient (Wildman–Crippen LogP) is 4.41. The first-order valence-corrected chi connectivity index (χ1v) is 12.9. The van der Waals surface area contributed by atoms with Crippen LogP contribution in [0.3, 0.4) is 0 Å². The Balaban J connectivity index is 1.29. The fraction of sp³-hybridized carbons (Fsp3) is 0.357. The molecule has 1 fully saturated rings. The molecule has 0 unspecified atom stereocenters. The molecule has 0 spiro atoms. The lowest BCUT2D eigenvalue weighted by Gasteiger charge is -2.33. The molecule has 0 aliphatic carbocycles. The minimum atomic E-state index is -4.52. The second kappa shape index (κ2) is 11.2. The minimum Gasteiger partial charge on any atom is -0.438 e. The summed E-state index contributed by atoms with van der Waals surface area (Å²) < 4.78 is 49.4. The van der Waals surface area contributed by atoms with E-state index in [1.54, 1.807) is 42.2 Å². The Kier molecular flexibility index (Phi) is 7.72. The van der Waals surface area contributed by atoms with Gasteiger partial charge in [0.2, 0.25) is 11.8 Å². The number of carbonyl (C=O) groups excluding carboxylic acids is 1. The molecular formula is C28H30F3N7O2. The number of nitrogens with one attached hydrogen (secondary N) is 1. The van der Waals surface area contributed by atoms with Gasteiger partial charge in [0, 0.05) is 51.5 Å². The van der Waals surface area contributed by atoms with E-state index in [0.717, 1.165) is 24.7 Å². The molecule has 4 aromatic rings. The van der Waals surface area contributed by atoms with Crippen LogP contribution in [-0.2, 0) is 31.0 Å². The predicted molar refractivity (Wildman–Crippen MR) is 144 cm³/mol. The molecule has 0 saturated carbocycles. The van der Waals surface area contributed by atoms with Crippen molar-refractivity contribution in [3.05, 3.63) is 71.2 Å². The first-order chi connectivity index (χ1) is 19.1. The van der Waals surface area contributed by atoms with Crippen LogP contribution in [0, 0.1) is 6.92 Å². The number of fused-ring (bicyclic) bond motifs is 1. The van der Waals surface area contributed by atoms with Gasteiger partial charge < -0.3 is 15.0 Å². The summed E-state index contributed by atoms with van der Waals surface area (Å²) in [7, 11) is 3.76. The molecule has 1 saturated heterocycles. The molecule has 1 N–H and O–H groups in total. The van der Waals surface area contributed by atoms with Crippen LogP contribution >= 0.6 is 0 Å². The highest BCUT2D eigenvalue weighted by atomic mass is 19.4. The van der Waals surface area contributed by atoms with Gasteiger partial charge in [-0.15, -0.1) is 0 Å². The number of ether oxygens (including phenoxy) is 1. The number of carbonyl (C=O) groups is 1. The molecule has 2 aromatic carbocycles. The molecule has 5 rings (SSSR count). The van der Waals surface area contributed by atoms with Crippen molar-refractivity contribution in [2.75, 3.05) is 38.5 Å². The highest BCUT2D eigenvalue weighted by Gasteiger charge is 2.34. The zero-order valence-corrected chi connectivity index (χ0v) is 22.5. The molecule has 40 heavy (non-hydrogen) atoms. The number of nitrogens with zero attached hydrogens (tertiary/aromatic N) is 6. The Hall–Kier alpha value is -4.03. The molecule has 0 atom stereocenters. The Bertz CT molecular complexity index is 1530. The lowest BCUT2D eigenvalue weighted by molar-refractivity contribution is -0.138. The van der Waals surface area contributed by atoms with Crippen LogP contribution in [0.4, 0.5) is 18.9 Å². The quantitative estimate of drug-likeness (QED) is 0.363. The molecule has 1 amide bonds. The van der Waals surface area contributed by atoms with Gasteiger partial charge in [0.1, 0.15) is 17.5 Å². The van der Waals surface area contributed by atoms with E-state index in [2.05, 4.69) is 25.3 Å². The van der Waals surface area contributed by atoms with Crippen LogP contribution in [-0.4, -0.2) is 68.7 Å². The van der Waals surface area contributed by atoms with Gasteiger partial charge in [0.05, 0.1) is 18.2 Å². The summed E-state index contributed by atoms with van der Waals surface area (Å²) >= 11 is 0. The molecular weight excluding hydrogens is 523 g/mol. The van der Waals surface area contributed by atoms with E-state index in [9.17, 15) is 18.0 Å². The van der Waals surface area contributed by atoms with E-state index in [0.29, 0.717) is 41.4 Å². The lowest BCUT2D eigenvalue weighted by atomic mass is 10.0. The number of piperazine rings is 1. The Labute approximate surface area is 229 Å². The summed E-state index contributed by atoms with van der Waals surface area (Å²) in [6, 6.07) is 9.31. The first-order valence-electron chi connectivity index (χ1n) is 12.9. The number of amides is 1. The van der Waals surface area contributed by atoms with Crippen LogP contribution in [0.5, 0.6) is 11.6 Å². The number of halogens is 3. The summed E-state index contributed by atoms with van der Waals surface area (Å²) in [5.74, 6) is 0.349. The van der Waals surface area contributed by atoms with Gasteiger partial charge in [0.15, 0.2) is 5.65 Å². The monoisotopic (exact) mass is 553 g/mol. The van der Waals surface area contributed by atoms with Crippen molar-refractivity contribution in [2.24, 2.45) is 7.05 Å². The molecule has 1 aliphatic rings. The number of rotatable bonds is 7. The number of hydrogen-bond acceptors (Lipinski definition) is 7. The highest BCUT2D eigenvalue weighted by molar-refractivity contribution is 5.92. The van der Waals surface area contributed by atoms with Crippen molar-refractivity contribution in [3.63, 3.8) is 0 Å². The van der Waals surface area contributed by atoms with E-state index >= 15 is 0 Å². The van der Waals surface area contributed by atoms with Gasteiger partial charge in [-0.1, -0.05) is 18.2 Å². The molecule has 210 valence electrons. The SMILES string of the molecule is Cc1ccc(NC(=O)Cc2ccc(CN3CCN(C)CC3)c(C(F)(F)F)c2)cc1Oc1ncnc2c1cnn2C. The summed E-state index contributed by atoms with van der Waals surface area (Å²) in [6.45, 7) is 5.13. The van der Waals surface area contributed by atoms with Crippen LogP contribution in [0.1, 0.15) is 22.3 Å². The highest BCUT2D eigenvalue weighted by Crippen LogP contribution is 2.34. The number of aromatic nitrogens is 4. The van der Waals surface area contributed by atoms with Crippen LogP contribution in [0.15, 0.2) is 48.9 Å². The third kappa shape index (κ3) is 6.23. The fourth-order valence-corrected chi connectivity index (χ4v) is 4.69. The van der Waals surface area contributed by atoms with Gasteiger partial charge in [-0.05, 0) is 42.8 Å². The van der Waals surface area contributed by atoms with Crippen LogP contribution in [0.25, 0.3) is 11.0 Å². The Morgan fingerprint density at radius 2 is 1.82 bits per heavy atom. The molecule has 2 aromatic heterocycles. The van der Waals surface area contributed by atoms with Crippen molar-refractivity contribution < 1.29 is 22.7 Å². The van der Waals surface area contributed by atoms with Gasteiger partial charge in [-0.3, -0.25) is 14.4 Å². The van der Waals surface area contributed by atoms with Crippen molar-refractivity contribution in [3.8, 4) is 11.6 Å². The molecule has 9 nitrogen and oxygen atoms in total. The third-order valence-electron chi connectivity index (χ3n) is 7.01. The average Bonchev–Trinajstić information content (AvgIpc) is 3.29. The van der Waals surface area contributed by atoms with Gasteiger partial charge in [-0.25, -0.2) is 9.97 Å². The average molecular weight is 554 g/mol. The molecule has 12 heteroatoms.